The Bertz CT molecular complexity index is 1620. The van der Waals surface area contributed by atoms with Crippen molar-refractivity contribution in [2.24, 2.45) is 4.99 Å². The number of benzene rings is 2. The third kappa shape index (κ3) is 5.19. The third-order valence-electron chi connectivity index (χ3n) is 5.77. The van der Waals surface area contributed by atoms with E-state index in [0.717, 1.165) is 0 Å². The number of para-hydroxylation sites is 1. The monoisotopic (exact) mass is 664 g/mol. The van der Waals surface area contributed by atoms with Crippen LogP contribution in [0.4, 0.5) is 0 Å². The highest BCUT2D eigenvalue weighted by Crippen LogP contribution is 2.42. The Kier molecular flexibility index (Phi) is 8.49. The van der Waals surface area contributed by atoms with Crippen LogP contribution in [0, 0.1) is 0 Å². The van der Waals surface area contributed by atoms with Crippen LogP contribution in [0.25, 0.3) is 6.08 Å². The number of phenols is 1. The van der Waals surface area contributed by atoms with E-state index in [4.69, 9.17) is 14.2 Å². The molecule has 1 N–H and O–H groups in total. The number of esters is 1. The first-order valence-electron chi connectivity index (χ1n) is 11.8. The van der Waals surface area contributed by atoms with Gasteiger partial charge in [0.2, 0.25) is 0 Å². The van der Waals surface area contributed by atoms with Crippen molar-refractivity contribution in [3.8, 4) is 17.2 Å². The van der Waals surface area contributed by atoms with Gasteiger partial charge in [-0.3, -0.25) is 9.36 Å². The van der Waals surface area contributed by atoms with Crippen LogP contribution in [0.15, 0.2) is 60.3 Å². The summed E-state index contributed by atoms with van der Waals surface area (Å²) in [5.41, 5.74) is 1.68. The number of allylic oxidation sites excluding steroid dienone is 1. The van der Waals surface area contributed by atoms with Crippen molar-refractivity contribution in [3.05, 3.63) is 81.4 Å². The lowest BCUT2D eigenvalue weighted by atomic mass is 9.95. The number of aromatic hydroxyl groups is 1. The van der Waals surface area contributed by atoms with E-state index in [1.165, 1.54) is 23.0 Å². The molecule has 3 aromatic rings. The van der Waals surface area contributed by atoms with Crippen molar-refractivity contribution < 1.29 is 24.1 Å². The molecule has 2 heterocycles. The van der Waals surface area contributed by atoms with Gasteiger partial charge >= 0.3 is 5.97 Å². The normalized spacial score (nSPS) is 15.4. The van der Waals surface area contributed by atoms with E-state index in [1.54, 1.807) is 26.0 Å². The molecule has 1 aliphatic heterocycles. The molecule has 1 atom stereocenters. The molecule has 0 fully saturated rings. The van der Waals surface area contributed by atoms with Crippen molar-refractivity contribution in [1.29, 1.82) is 0 Å². The summed E-state index contributed by atoms with van der Waals surface area (Å²) in [7, 11) is 1.45. The number of nitrogens with zero attached hydrogens (tertiary/aromatic N) is 2. The summed E-state index contributed by atoms with van der Waals surface area (Å²) in [6, 6.07) is 8.18. The molecule has 38 heavy (non-hydrogen) atoms. The smallest absolute Gasteiger partial charge is 0.338 e. The fourth-order valence-corrected chi connectivity index (χ4v) is 6.05. The number of thiazole rings is 1. The second-order valence-corrected chi connectivity index (χ2v) is 11.2. The van der Waals surface area contributed by atoms with Gasteiger partial charge in [0.05, 0.1) is 40.1 Å². The summed E-state index contributed by atoms with van der Waals surface area (Å²) in [6.45, 7) is 7.48. The molecule has 0 spiro atoms. The van der Waals surface area contributed by atoms with Crippen LogP contribution in [0.5, 0.6) is 17.2 Å². The van der Waals surface area contributed by atoms with E-state index in [0.29, 0.717) is 40.9 Å². The summed E-state index contributed by atoms with van der Waals surface area (Å²) in [4.78, 5) is 32.2. The predicted octanol–water partition coefficient (Wildman–Crippen LogP) is 4.82. The minimum atomic E-state index is -0.799. The highest BCUT2D eigenvalue weighted by molar-refractivity contribution is 9.13. The molecule has 11 heteroatoms. The van der Waals surface area contributed by atoms with E-state index in [9.17, 15) is 14.7 Å². The van der Waals surface area contributed by atoms with Gasteiger partial charge in [0.25, 0.3) is 5.56 Å². The van der Waals surface area contributed by atoms with E-state index < -0.39 is 12.0 Å². The number of fused-ring (bicyclic) bond motifs is 1. The van der Waals surface area contributed by atoms with Crippen LogP contribution in [0.2, 0.25) is 0 Å². The molecule has 4 rings (SSSR count). The molecule has 1 aliphatic rings. The van der Waals surface area contributed by atoms with E-state index in [2.05, 4.69) is 36.9 Å². The molecule has 1 aromatic heterocycles. The van der Waals surface area contributed by atoms with Crippen LogP contribution >= 0.6 is 43.2 Å². The zero-order chi connectivity index (χ0) is 27.7. The van der Waals surface area contributed by atoms with Gasteiger partial charge in [0.15, 0.2) is 16.3 Å². The van der Waals surface area contributed by atoms with Crippen molar-refractivity contribution in [2.45, 2.75) is 39.8 Å². The maximum Gasteiger partial charge on any atom is 0.338 e. The van der Waals surface area contributed by atoms with Gasteiger partial charge in [-0.15, -0.1) is 0 Å². The number of aromatic nitrogens is 1. The van der Waals surface area contributed by atoms with Crippen LogP contribution in [-0.4, -0.2) is 35.5 Å². The molecule has 0 saturated carbocycles. The second-order valence-electron chi connectivity index (χ2n) is 8.65. The first kappa shape index (κ1) is 28.1. The van der Waals surface area contributed by atoms with Crippen molar-refractivity contribution >= 4 is 55.2 Å². The Hall–Kier alpha value is -2.89. The molecule has 2 aromatic carbocycles. The van der Waals surface area contributed by atoms with E-state index in [-0.39, 0.29) is 35.3 Å². The predicted molar refractivity (Wildman–Crippen MR) is 153 cm³/mol. The Labute approximate surface area is 240 Å². The number of methoxy groups -OCH3 is 1. The highest BCUT2D eigenvalue weighted by atomic mass is 79.9. The number of ether oxygens (including phenoxy) is 3. The molecule has 0 amide bonds. The van der Waals surface area contributed by atoms with E-state index >= 15 is 0 Å². The SMILES string of the molecule is CCOC(=O)C1=C(C)N=c2s/c(=C/c3cc(OC)c(O)c(Br)c3Br)c(=O)n2[C@@H]1c1ccccc1OC(C)C. The first-order valence-corrected chi connectivity index (χ1v) is 14.2. The number of phenolic OH excluding ortho intramolecular Hbond substituents is 1. The van der Waals surface area contributed by atoms with Crippen molar-refractivity contribution in [1.82, 2.24) is 4.57 Å². The van der Waals surface area contributed by atoms with Crippen LogP contribution in [0.3, 0.4) is 0 Å². The summed E-state index contributed by atoms with van der Waals surface area (Å²) in [5.74, 6) is 0.211. The van der Waals surface area contributed by atoms with Gasteiger partial charge in [-0.1, -0.05) is 29.5 Å². The molecular weight excluding hydrogens is 640 g/mol. The minimum absolute atomic E-state index is 0.0607. The van der Waals surface area contributed by atoms with Crippen LogP contribution < -0.4 is 24.4 Å². The molecular formula is C27H26Br2N2O6S. The maximum atomic E-state index is 13.9. The number of rotatable bonds is 7. The maximum absolute atomic E-state index is 13.9. The third-order valence-corrected chi connectivity index (χ3v) is 8.92. The molecule has 0 saturated heterocycles. The van der Waals surface area contributed by atoms with Gasteiger partial charge < -0.3 is 19.3 Å². The Balaban J connectivity index is 2.01. The number of hydrogen-bond acceptors (Lipinski definition) is 8. The van der Waals surface area contributed by atoms with E-state index in [1.807, 2.05) is 38.1 Å². The topological polar surface area (TPSA) is 99.4 Å². The standard InChI is InChI=1S/C27H26Br2N2O6S/c1-6-36-26(34)20-14(4)30-27-31(23(20)16-9-7-8-10-17(16)37-13(2)3)25(33)19(38-27)12-15-11-18(35-5)24(32)22(29)21(15)28/h7-13,23,32H,6H2,1-5H3/b19-12+/t23-/m1/s1. The molecule has 0 radical (unpaired) electrons. The average molecular weight is 666 g/mol. The molecule has 0 unspecified atom stereocenters. The summed E-state index contributed by atoms with van der Waals surface area (Å²) in [5, 5.41) is 10.3. The molecule has 0 aliphatic carbocycles. The summed E-state index contributed by atoms with van der Waals surface area (Å²) < 4.78 is 19.6. The number of hydrogen-bond donors (Lipinski definition) is 1. The lowest BCUT2D eigenvalue weighted by molar-refractivity contribution is -0.139. The number of carbonyl (C=O) groups is 1. The van der Waals surface area contributed by atoms with Crippen LogP contribution in [0.1, 0.15) is 44.9 Å². The van der Waals surface area contributed by atoms with Gasteiger partial charge in [-0.2, -0.15) is 0 Å². The average Bonchev–Trinajstić information content (AvgIpc) is 3.18. The van der Waals surface area contributed by atoms with Gasteiger partial charge in [0.1, 0.15) is 11.8 Å². The lowest BCUT2D eigenvalue weighted by Crippen LogP contribution is -2.40. The summed E-state index contributed by atoms with van der Waals surface area (Å²) >= 11 is 8.03. The molecule has 0 bridgehead atoms. The largest absolute Gasteiger partial charge is 0.503 e. The van der Waals surface area contributed by atoms with Gasteiger partial charge in [0, 0.05) is 10.0 Å². The number of halogens is 2. The zero-order valence-corrected chi connectivity index (χ0v) is 25.4. The fourth-order valence-electron chi connectivity index (χ4n) is 4.17. The Morgan fingerprint density at radius 1 is 1.24 bits per heavy atom. The Morgan fingerprint density at radius 3 is 2.61 bits per heavy atom. The fraction of sp³-hybridized carbons (Fsp3) is 0.296. The lowest BCUT2D eigenvalue weighted by Gasteiger charge is -2.26. The van der Waals surface area contributed by atoms with Gasteiger partial charge in [-0.05, 0) is 83.3 Å². The van der Waals surface area contributed by atoms with Crippen LogP contribution in [-0.2, 0) is 9.53 Å². The second kappa shape index (κ2) is 11.5. The minimum Gasteiger partial charge on any atom is -0.503 e. The van der Waals surface area contributed by atoms with Crippen molar-refractivity contribution in [3.63, 3.8) is 0 Å². The van der Waals surface area contributed by atoms with Crippen molar-refractivity contribution in [2.75, 3.05) is 13.7 Å². The Morgan fingerprint density at radius 2 is 1.95 bits per heavy atom. The summed E-state index contributed by atoms with van der Waals surface area (Å²) in [6.07, 6.45) is 1.57. The molecule has 8 nitrogen and oxygen atoms in total. The van der Waals surface area contributed by atoms with Gasteiger partial charge in [-0.25, -0.2) is 9.79 Å². The highest BCUT2D eigenvalue weighted by Gasteiger charge is 2.35. The number of carbonyl (C=O) groups excluding carboxylic acids is 1. The zero-order valence-electron chi connectivity index (χ0n) is 21.4. The first-order chi connectivity index (χ1) is 18.1. The molecule has 200 valence electrons. The quantitative estimate of drug-likeness (QED) is 0.363.